The summed E-state index contributed by atoms with van der Waals surface area (Å²) < 4.78 is 5.38. The number of carbonyl (C=O) groups is 1. The second-order valence-corrected chi connectivity index (χ2v) is 5.57. The molecule has 0 aromatic heterocycles. The molecule has 20 heavy (non-hydrogen) atoms. The highest BCUT2D eigenvalue weighted by Crippen LogP contribution is 2.28. The van der Waals surface area contributed by atoms with Gasteiger partial charge in [0.1, 0.15) is 0 Å². The van der Waals surface area contributed by atoms with Gasteiger partial charge in [-0.3, -0.25) is 9.69 Å². The summed E-state index contributed by atoms with van der Waals surface area (Å²) in [6, 6.07) is 5.93. The Labute approximate surface area is 121 Å². The number of benzene rings is 1. The maximum Gasteiger partial charge on any atom is 0.150 e. The summed E-state index contributed by atoms with van der Waals surface area (Å²) in [6.07, 6.45) is 0.936. The predicted octanol–water partition coefficient (Wildman–Crippen LogP) is 3.00. The second kappa shape index (κ2) is 6.82. The molecule has 0 unspecified atom stereocenters. The summed E-state index contributed by atoms with van der Waals surface area (Å²) in [4.78, 5) is 13.7. The van der Waals surface area contributed by atoms with Crippen LogP contribution in [0.2, 0.25) is 0 Å². The lowest BCUT2D eigenvalue weighted by molar-refractivity contribution is 0.0341. The largest absolute Gasteiger partial charge is 0.379 e. The quantitative estimate of drug-likeness (QED) is 0.772. The molecule has 1 fully saturated rings. The molecular formula is C17H23NO2. The van der Waals surface area contributed by atoms with Crippen LogP contribution in [0.3, 0.4) is 0 Å². The molecule has 0 saturated carbocycles. The van der Waals surface area contributed by atoms with Crippen molar-refractivity contribution < 1.29 is 9.53 Å². The van der Waals surface area contributed by atoms with Gasteiger partial charge in [-0.05, 0) is 22.6 Å². The number of allylic oxidation sites excluding steroid dienone is 1. The van der Waals surface area contributed by atoms with Crippen LogP contribution in [0, 0.1) is 5.92 Å². The lowest BCUT2D eigenvalue weighted by Crippen LogP contribution is -2.36. The van der Waals surface area contributed by atoms with Crippen molar-refractivity contribution in [1.82, 2.24) is 4.90 Å². The van der Waals surface area contributed by atoms with Gasteiger partial charge in [0.25, 0.3) is 0 Å². The Bertz CT molecular complexity index is 488. The Kier molecular flexibility index (Phi) is 5.10. The van der Waals surface area contributed by atoms with Gasteiger partial charge in [-0.25, -0.2) is 0 Å². The van der Waals surface area contributed by atoms with Gasteiger partial charge in [-0.2, -0.15) is 0 Å². The molecule has 0 atom stereocenters. The fourth-order valence-corrected chi connectivity index (χ4v) is 2.53. The topological polar surface area (TPSA) is 29.5 Å². The van der Waals surface area contributed by atoms with Gasteiger partial charge in [-0.15, -0.1) is 0 Å². The van der Waals surface area contributed by atoms with E-state index in [1.54, 1.807) is 0 Å². The fraction of sp³-hybridized carbons (Fsp3) is 0.471. The molecule has 3 nitrogen and oxygen atoms in total. The molecule has 1 aliphatic heterocycles. The molecular weight excluding hydrogens is 250 g/mol. The van der Waals surface area contributed by atoms with Gasteiger partial charge in [0.05, 0.1) is 13.2 Å². The summed E-state index contributed by atoms with van der Waals surface area (Å²) in [6.45, 7) is 12.7. The first-order valence-corrected chi connectivity index (χ1v) is 7.19. The number of aldehydes is 1. The zero-order chi connectivity index (χ0) is 14.5. The van der Waals surface area contributed by atoms with Gasteiger partial charge in [-0.1, -0.05) is 38.6 Å². The predicted molar refractivity (Wildman–Crippen MR) is 81.8 cm³/mol. The van der Waals surface area contributed by atoms with Crippen LogP contribution in [0.4, 0.5) is 0 Å². The monoisotopic (exact) mass is 273 g/mol. The Morgan fingerprint density at radius 3 is 2.70 bits per heavy atom. The van der Waals surface area contributed by atoms with E-state index in [2.05, 4.69) is 31.4 Å². The Morgan fingerprint density at radius 2 is 2.10 bits per heavy atom. The highest BCUT2D eigenvalue weighted by molar-refractivity contribution is 5.86. The van der Waals surface area contributed by atoms with Crippen molar-refractivity contribution in [1.29, 1.82) is 0 Å². The van der Waals surface area contributed by atoms with Crippen molar-refractivity contribution in [3.05, 3.63) is 41.5 Å². The molecule has 1 heterocycles. The molecule has 0 spiro atoms. The molecule has 2 rings (SSSR count). The average molecular weight is 273 g/mol. The Balaban J connectivity index is 2.31. The van der Waals surface area contributed by atoms with E-state index >= 15 is 0 Å². The van der Waals surface area contributed by atoms with Crippen LogP contribution in [0.15, 0.2) is 24.8 Å². The summed E-state index contributed by atoms with van der Waals surface area (Å²) in [5.41, 5.74) is 4.00. The first-order valence-electron chi connectivity index (χ1n) is 7.19. The summed E-state index contributed by atoms with van der Waals surface area (Å²) in [7, 11) is 0. The third kappa shape index (κ3) is 3.35. The number of carbonyl (C=O) groups excluding carboxylic acids is 1. The maximum absolute atomic E-state index is 11.3. The lowest BCUT2D eigenvalue weighted by Gasteiger charge is -2.28. The summed E-state index contributed by atoms with van der Waals surface area (Å²) in [5.74, 6) is 0.333. The number of hydrogen-bond acceptors (Lipinski definition) is 3. The normalized spacial score (nSPS) is 16.4. The van der Waals surface area contributed by atoms with Crippen molar-refractivity contribution in [3.63, 3.8) is 0 Å². The molecule has 1 aromatic rings. The number of morpholine rings is 1. The zero-order valence-electron chi connectivity index (χ0n) is 12.4. The Morgan fingerprint density at radius 1 is 1.40 bits per heavy atom. The van der Waals surface area contributed by atoms with Crippen LogP contribution >= 0.6 is 0 Å². The van der Waals surface area contributed by atoms with E-state index in [-0.39, 0.29) is 0 Å². The van der Waals surface area contributed by atoms with Crippen LogP contribution in [0.5, 0.6) is 0 Å². The maximum atomic E-state index is 11.3. The smallest absolute Gasteiger partial charge is 0.150 e. The molecule has 0 N–H and O–H groups in total. The third-order valence-corrected chi connectivity index (χ3v) is 3.83. The van der Waals surface area contributed by atoms with E-state index in [0.29, 0.717) is 5.92 Å². The molecule has 0 radical (unpaired) electrons. The first kappa shape index (κ1) is 14.9. The van der Waals surface area contributed by atoms with Crippen LogP contribution in [0.25, 0.3) is 5.57 Å². The second-order valence-electron chi connectivity index (χ2n) is 5.57. The van der Waals surface area contributed by atoms with Gasteiger partial charge in [0, 0.05) is 25.2 Å². The fourth-order valence-electron chi connectivity index (χ4n) is 2.53. The van der Waals surface area contributed by atoms with E-state index in [0.717, 1.165) is 55.8 Å². The van der Waals surface area contributed by atoms with Crippen LogP contribution in [-0.4, -0.2) is 37.5 Å². The molecule has 0 amide bonds. The van der Waals surface area contributed by atoms with E-state index < -0.39 is 0 Å². The van der Waals surface area contributed by atoms with Gasteiger partial charge < -0.3 is 4.74 Å². The van der Waals surface area contributed by atoms with E-state index in [9.17, 15) is 4.79 Å². The van der Waals surface area contributed by atoms with Crippen molar-refractivity contribution >= 4 is 11.9 Å². The van der Waals surface area contributed by atoms with Crippen LogP contribution in [0.1, 0.15) is 35.3 Å². The van der Waals surface area contributed by atoms with E-state index in [1.807, 2.05) is 12.1 Å². The first-order chi connectivity index (χ1) is 9.63. The minimum atomic E-state index is 0.333. The van der Waals surface area contributed by atoms with Crippen molar-refractivity contribution in [2.75, 3.05) is 26.3 Å². The minimum absolute atomic E-state index is 0.333. The molecule has 3 heteroatoms. The highest BCUT2D eigenvalue weighted by atomic mass is 16.5. The number of hydrogen-bond donors (Lipinski definition) is 0. The van der Waals surface area contributed by atoms with Crippen molar-refractivity contribution in [2.24, 2.45) is 5.92 Å². The molecule has 0 aliphatic carbocycles. The average Bonchev–Trinajstić information content (AvgIpc) is 2.47. The van der Waals surface area contributed by atoms with Crippen LogP contribution in [-0.2, 0) is 11.3 Å². The summed E-state index contributed by atoms with van der Waals surface area (Å²) in [5, 5.41) is 0. The van der Waals surface area contributed by atoms with E-state index in [1.165, 1.54) is 5.56 Å². The number of rotatable bonds is 5. The summed E-state index contributed by atoms with van der Waals surface area (Å²) >= 11 is 0. The Hall–Kier alpha value is -1.45. The standard InChI is InChI=1S/C17H23NO2/c1-13(2)14(3)17-15(5-4-6-16(17)12-19)11-18-7-9-20-10-8-18/h4-6,12-13H,3,7-11H2,1-2H3. The van der Waals surface area contributed by atoms with Gasteiger partial charge in [0.2, 0.25) is 0 Å². The molecule has 1 aliphatic rings. The zero-order valence-corrected chi connectivity index (χ0v) is 12.4. The highest BCUT2D eigenvalue weighted by Gasteiger charge is 2.17. The molecule has 108 valence electrons. The lowest BCUT2D eigenvalue weighted by atomic mass is 9.89. The van der Waals surface area contributed by atoms with Gasteiger partial charge >= 0.3 is 0 Å². The molecule has 1 saturated heterocycles. The number of ether oxygens (including phenoxy) is 1. The van der Waals surface area contributed by atoms with Crippen LogP contribution < -0.4 is 0 Å². The van der Waals surface area contributed by atoms with Crippen molar-refractivity contribution in [3.8, 4) is 0 Å². The molecule has 1 aromatic carbocycles. The minimum Gasteiger partial charge on any atom is -0.379 e. The third-order valence-electron chi connectivity index (χ3n) is 3.83. The van der Waals surface area contributed by atoms with Gasteiger partial charge in [0.15, 0.2) is 6.29 Å². The van der Waals surface area contributed by atoms with Crippen molar-refractivity contribution in [2.45, 2.75) is 20.4 Å². The number of nitrogens with zero attached hydrogens (tertiary/aromatic N) is 1. The molecule has 0 bridgehead atoms. The van der Waals surface area contributed by atoms with E-state index in [4.69, 9.17) is 4.74 Å². The SMILES string of the molecule is C=C(c1c(C=O)cccc1CN1CCOCC1)C(C)C.